The molecule has 0 aliphatic heterocycles. The van der Waals surface area contributed by atoms with Gasteiger partial charge in [0.2, 0.25) is 5.78 Å². The summed E-state index contributed by atoms with van der Waals surface area (Å²) in [5.41, 5.74) is 5.57. The number of hydrogen-bond acceptors (Lipinski definition) is 8. The van der Waals surface area contributed by atoms with Crippen molar-refractivity contribution in [2.75, 3.05) is 25.1 Å². The lowest BCUT2D eigenvalue weighted by Gasteiger charge is -2.21. The molecule has 2 aromatic carbocycles. The summed E-state index contributed by atoms with van der Waals surface area (Å²) in [7, 11) is -1.10. The van der Waals surface area contributed by atoms with Crippen LogP contribution < -0.4 is 14.8 Å². The Labute approximate surface area is 180 Å². The number of anilines is 1. The topological polar surface area (TPSA) is 140 Å². The summed E-state index contributed by atoms with van der Waals surface area (Å²) in [6, 6.07) is 13.3. The molecule has 9 nitrogen and oxygen atoms in total. The van der Waals surface area contributed by atoms with Gasteiger partial charge in [-0.25, -0.2) is 13.2 Å². The average molecular weight is 443 g/mol. The van der Waals surface area contributed by atoms with Crippen LogP contribution in [0.3, 0.4) is 0 Å². The Kier molecular flexibility index (Phi) is 7.39. The third-order valence-corrected chi connectivity index (χ3v) is 6.08. The van der Waals surface area contributed by atoms with E-state index < -0.39 is 28.4 Å². The number of Topliss-reactive ketones (excluding diaryl/α,β-unsaturated/α-hetero) is 1. The largest absolute Gasteiger partial charge is 0.495 e. The van der Waals surface area contributed by atoms with Crippen molar-refractivity contribution in [3.05, 3.63) is 65.4 Å². The van der Waals surface area contributed by atoms with E-state index in [0.29, 0.717) is 11.4 Å². The molecule has 0 atom stereocenters. The van der Waals surface area contributed by atoms with Gasteiger partial charge in [0.25, 0.3) is 10.0 Å². The van der Waals surface area contributed by atoms with Crippen LogP contribution in [0.2, 0.25) is 0 Å². The van der Waals surface area contributed by atoms with Gasteiger partial charge in [0.1, 0.15) is 17.4 Å². The van der Waals surface area contributed by atoms with E-state index in [1.807, 2.05) is 0 Å². The maximum atomic E-state index is 12.9. The molecule has 0 radical (unpaired) electrons. The van der Waals surface area contributed by atoms with E-state index in [1.54, 1.807) is 30.3 Å². The monoisotopic (exact) mass is 443 g/mol. The number of methoxy groups -OCH3 is 1. The molecule has 2 N–H and O–H groups in total. The highest BCUT2D eigenvalue weighted by Crippen LogP contribution is 2.30. The molecule has 0 fully saturated rings. The number of sulfonamides is 1. The molecule has 0 aromatic heterocycles. The van der Waals surface area contributed by atoms with Crippen LogP contribution in [-0.4, -0.2) is 40.9 Å². The fourth-order valence-corrected chi connectivity index (χ4v) is 3.80. The Bertz CT molecular complexity index is 1160. The summed E-state index contributed by atoms with van der Waals surface area (Å²) >= 11 is 0. The summed E-state index contributed by atoms with van der Waals surface area (Å²) < 4.78 is 37.0. The number of nitrogens with zero attached hydrogens (tertiary/aromatic N) is 2. The van der Waals surface area contributed by atoms with Gasteiger partial charge in [-0.05, 0) is 43.3 Å². The van der Waals surface area contributed by atoms with E-state index in [1.165, 1.54) is 45.3 Å². The zero-order chi connectivity index (χ0) is 23.2. The number of esters is 1. The van der Waals surface area contributed by atoms with E-state index in [-0.39, 0.29) is 21.7 Å². The number of carbonyl (C=O) groups is 2. The third kappa shape index (κ3) is 5.21. The summed E-state index contributed by atoms with van der Waals surface area (Å²) in [6.45, 7) is 0.729. The first-order valence-electron chi connectivity index (χ1n) is 8.92. The molecule has 0 saturated heterocycles. The first-order chi connectivity index (χ1) is 14.6. The molecule has 0 amide bonds. The van der Waals surface area contributed by atoms with Gasteiger partial charge in [-0.1, -0.05) is 12.1 Å². The van der Waals surface area contributed by atoms with Crippen molar-refractivity contribution in [3.8, 4) is 11.8 Å². The predicted octanol–water partition coefficient (Wildman–Crippen LogP) is 2.00. The van der Waals surface area contributed by atoms with Crippen LogP contribution in [0.1, 0.15) is 17.3 Å². The van der Waals surface area contributed by atoms with Gasteiger partial charge in [0.05, 0.1) is 23.3 Å². The highest BCUT2D eigenvalue weighted by atomic mass is 32.2. The zero-order valence-electron chi connectivity index (χ0n) is 17.2. The lowest BCUT2D eigenvalue weighted by molar-refractivity contribution is -0.118. The number of nitrogens with two attached hydrogens (primary N) is 1. The molecule has 0 unspecified atom stereocenters. The third-order valence-electron chi connectivity index (χ3n) is 4.29. The summed E-state index contributed by atoms with van der Waals surface area (Å²) in [4.78, 5) is 24.0. The zero-order valence-corrected chi connectivity index (χ0v) is 18.0. The maximum Gasteiger partial charge on any atom is 0.338 e. The van der Waals surface area contributed by atoms with Gasteiger partial charge in [-0.15, -0.1) is 0 Å². The Morgan fingerprint density at radius 3 is 2.29 bits per heavy atom. The van der Waals surface area contributed by atoms with Gasteiger partial charge in [-0.2, -0.15) is 5.26 Å². The number of rotatable bonds is 8. The molecule has 0 bridgehead atoms. The second-order valence-electron chi connectivity index (χ2n) is 6.34. The van der Waals surface area contributed by atoms with E-state index in [0.717, 1.165) is 4.31 Å². The molecular formula is C21H21N3O6S. The molecule has 0 heterocycles. The standard InChI is InChI=1S/C21H21N3O6S/c1-14(23)17(12-22)19(25)13-30-21(26)15-8-10-16(11-9-15)31(27,28)24(2)18-6-4-5-7-20(18)29-3/h4-11H,13,23H2,1-3H3/b17-14+. The van der Waals surface area contributed by atoms with E-state index >= 15 is 0 Å². The molecule has 0 saturated carbocycles. The number of para-hydroxylation sites is 2. The number of benzene rings is 2. The summed E-state index contributed by atoms with van der Waals surface area (Å²) in [5.74, 6) is -1.19. The predicted molar refractivity (Wildman–Crippen MR) is 113 cm³/mol. The van der Waals surface area contributed by atoms with Crippen molar-refractivity contribution in [3.63, 3.8) is 0 Å². The van der Waals surface area contributed by atoms with Gasteiger partial charge in [0.15, 0.2) is 6.61 Å². The smallest absolute Gasteiger partial charge is 0.338 e. The number of allylic oxidation sites excluding steroid dienone is 1. The van der Waals surface area contributed by atoms with Crippen LogP contribution in [-0.2, 0) is 19.6 Å². The molecule has 162 valence electrons. The number of hydrogen-bond donors (Lipinski definition) is 1. The lowest BCUT2D eigenvalue weighted by Crippen LogP contribution is -2.27. The van der Waals surface area contributed by atoms with E-state index in [2.05, 4.69) is 0 Å². The van der Waals surface area contributed by atoms with Crippen molar-refractivity contribution in [1.82, 2.24) is 0 Å². The number of nitriles is 1. The Balaban J connectivity index is 2.17. The Morgan fingerprint density at radius 1 is 1.13 bits per heavy atom. The van der Waals surface area contributed by atoms with Crippen LogP contribution in [0.15, 0.2) is 64.7 Å². The number of carbonyl (C=O) groups excluding carboxylic acids is 2. The van der Waals surface area contributed by atoms with Gasteiger partial charge < -0.3 is 15.2 Å². The van der Waals surface area contributed by atoms with Crippen molar-refractivity contribution < 1.29 is 27.5 Å². The fourth-order valence-electron chi connectivity index (χ4n) is 2.60. The molecule has 31 heavy (non-hydrogen) atoms. The SMILES string of the molecule is COc1ccccc1N(C)S(=O)(=O)c1ccc(C(=O)OCC(=O)/C(C#N)=C(\C)N)cc1. The molecule has 0 aliphatic rings. The van der Waals surface area contributed by atoms with Crippen LogP contribution in [0.4, 0.5) is 5.69 Å². The van der Waals surface area contributed by atoms with Crippen LogP contribution in [0.25, 0.3) is 0 Å². The van der Waals surface area contributed by atoms with Crippen LogP contribution >= 0.6 is 0 Å². The Morgan fingerprint density at radius 2 is 1.74 bits per heavy atom. The minimum Gasteiger partial charge on any atom is -0.495 e. The number of ketones is 1. The Hall–Kier alpha value is -3.84. The quantitative estimate of drug-likeness (QED) is 0.371. The van der Waals surface area contributed by atoms with E-state index in [4.69, 9.17) is 20.5 Å². The van der Waals surface area contributed by atoms with Crippen LogP contribution in [0.5, 0.6) is 5.75 Å². The van der Waals surface area contributed by atoms with Crippen molar-refractivity contribution in [2.45, 2.75) is 11.8 Å². The molecule has 0 aliphatic carbocycles. The normalized spacial score (nSPS) is 11.7. The highest BCUT2D eigenvalue weighted by molar-refractivity contribution is 7.92. The van der Waals surface area contributed by atoms with Crippen molar-refractivity contribution in [2.24, 2.45) is 5.73 Å². The van der Waals surface area contributed by atoms with Crippen LogP contribution in [0, 0.1) is 11.3 Å². The first kappa shape index (κ1) is 23.4. The summed E-state index contributed by atoms with van der Waals surface area (Å²) in [5, 5.41) is 8.90. The minimum absolute atomic E-state index is 0.0253. The lowest BCUT2D eigenvalue weighted by atomic mass is 10.1. The van der Waals surface area contributed by atoms with Crippen molar-refractivity contribution >= 4 is 27.5 Å². The van der Waals surface area contributed by atoms with Gasteiger partial charge >= 0.3 is 5.97 Å². The second-order valence-corrected chi connectivity index (χ2v) is 8.31. The van der Waals surface area contributed by atoms with Gasteiger partial charge in [-0.3, -0.25) is 9.10 Å². The average Bonchev–Trinajstić information content (AvgIpc) is 2.77. The maximum absolute atomic E-state index is 12.9. The molecule has 2 aromatic rings. The first-order valence-corrected chi connectivity index (χ1v) is 10.4. The molecule has 10 heteroatoms. The second kappa shape index (κ2) is 9.77. The van der Waals surface area contributed by atoms with E-state index in [9.17, 15) is 18.0 Å². The molecule has 2 rings (SSSR count). The molecular weight excluding hydrogens is 422 g/mol. The van der Waals surface area contributed by atoms with Gasteiger partial charge in [0, 0.05) is 12.7 Å². The minimum atomic E-state index is -3.93. The molecule has 0 spiro atoms. The summed E-state index contributed by atoms with van der Waals surface area (Å²) in [6.07, 6.45) is 0. The fraction of sp³-hybridized carbons (Fsp3) is 0.190. The van der Waals surface area contributed by atoms with Crippen molar-refractivity contribution in [1.29, 1.82) is 5.26 Å². The number of ether oxygens (including phenoxy) is 2. The highest BCUT2D eigenvalue weighted by Gasteiger charge is 2.24.